The van der Waals surface area contributed by atoms with Crippen molar-refractivity contribution in [1.82, 2.24) is 10.6 Å². The Bertz CT molecular complexity index is 2210. The Hall–Kier alpha value is -2.36. The van der Waals surface area contributed by atoms with Crippen LogP contribution in [0.4, 0.5) is 0 Å². The molecular formula is C72H132N2O28. The Morgan fingerprint density at radius 2 is 0.706 bits per heavy atom. The van der Waals surface area contributed by atoms with Crippen LogP contribution in [0, 0.1) is 0 Å². The molecule has 10 unspecified atom stereocenters. The minimum absolute atomic E-state index is 0.202. The van der Waals surface area contributed by atoms with E-state index in [1.54, 1.807) is 6.08 Å². The molecule has 5 saturated heterocycles. The van der Waals surface area contributed by atoms with Crippen LogP contribution in [0.1, 0.15) is 226 Å². The molecule has 2 amide bonds. The van der Waals surface area contributed by atoms with Crippen LogP contribution < -0.4 is 10.6 Å². The molecule has 5 aliphatic heterocycles. The quantitative estimate of drug-likeness (QED) is 0.0300. The first kappa shape index (κ1) is 90.3. The van der Waals surface area contributed by atoms with Gasteiger partial charge < -0.3 is 140 Å². The summed E-state index contributed by atoms with van der Waals surface area (Å²) in [4.78, 5) is 26.1. The molecule has 30 nitrogen and oxygen atoms in total. The molecule has 5 heterocycles. The van der Waals surface area contributed by atoms with Crippen molar-refractivity contribution in [3.05, 3.63) is 12.2 Å². The predicted octanol–water partition coefficient (Wildman–Crippen LogP) is 1.17. The summed E-state index contributed by atoms with van der Waals surface area (Å²) in [5, 5.41) is 181. The Balaban J connectivity index is 1.14. The molecule has 0 radical (unpaired) electrons. The maximum atomic E-state index is 13.5. The fourth-order valence-corrected chi connectivity index (χ4v) is 13.9. The van der Waals surface area contributed by atoms with Crippen LogP contribution in [0.15, 0.2) is 12.2 Å². The molecule has 0 saturated carbocycles. The second-order valence-corrected chi connectivity index (χ2v) is 28.5. The third-order valence-electron chi connectivity index (χ3n) is 20.2. The molecule has 5 fully saturated rings. The van der Waals surface area contributed by atoms with Crippen LogP contribution in [0.3, 0.4) is 0 Å². The van der Waals surface area contributed by atoms with Gasteiger partial charge in [0.25, 0.3) is 0 Å². The zero-order valence-electron chi connectivity index (χ0n) is 60.7. The average Bonchev–Trinajstić information content (AvgIpc) is 0.776. The molecule has 5 rings (SSSR count). The lowest BCUT2D eigenvalue weighted by molar-refractivity contribution is -0.388. The number of hydrogen-bond donors (Lipinski definition) is 18. The first-order valence-electron chi connectivity index (χ1n) is 38.5. The molecule has 0 bridgehead atoms. The molecule has 0 aromatic carbocycles. The van der Waals surface area contributed by atoms with Gasteiger partial charge >= 0.3 is 0 Å². The Morgan fingerprint density at radius 1 is 0.382 bits per heavy atom. The number of nitrogens with one attached hydrogen (secondary N) is 2. The number of allylic oxidation sites excluding steroid dienone is 1. The zero-order valence-corrected chi connectivity index (χ0v) is 60.7. The number of aliphatic hydroxyl groups excluding tert-OH is 16. The zero-order chi connectivity index (χ0) is 74.5. The highest BCUT2D eigenvalue weighted by Gasteiger charge is 2.57. The summed E-state index contributed by atoms with van der Waals surface area (Å²) in [6.07, 6.45) is -5.28. The summed E-state index contributed by atoms with van der Waals surface area (Å²) in [7, 11) is 0. The van der Waals surface area contributed by atoms with Crippen LogP contribution in [0.5, 0.6) is 0 Å². The third-order valence-corrected chi connectivity index (χ3v) is 20.2. The SMILES string of the molecule is CCCCCCCCCCCCC/C=C/[C@@H](O)[C@H](CO[C@@H]1OC(CO)[C@@H](O[C@@H]2OC(CO)[C@H](O[C@@H]3OC(CO)[C@H](O[C@@H]4OC(CO)[C@H](O)[C@H](O[C@@H]5OC(CO)[C@H](O)[C@H](O)C5O)C4NC(C)=O)[C@H](O)C3O)[C@H](O)C2O)[C@H](O)C1O)NC(=O)CCCCCCCCCCCCCCCCCCCCC. The van der Waals surface area contributed by atoms with E-state index in [9.17, 15) is 91.3 Å². The van der Waals surface area contributed by atoms with Crippen molar-refractivity contribution in [3.63, 3.8) is 0 Å². The second kappa shape index (κ2) is 50.4. The minimum atomic E-state index is -2.18. The molecular weight excluding hydrogens is 1340 g/mol. The van der Waals surface area contributed by atoms with Gasteiger partial charge in [-0.15, -0.1) is 0 Å². The molecule has 27 atom stereocenters. The maximum absolute atomic E-state index is 13.5. The molecule has 30 heteroatoms. The van der Waals surface area contributed by atoms with E-state index in [4.69, 9.17) is 47.4 Å². The third kappa shape index (κ3) is 29.2. The normalized spacial score (nSPS) is 35.2. The molecule has 0 spiro atoms. The van der Waals surface area contributed by atoms with Crippen molar-refractivity contribution in [1.29, 1.82) is 0 Å². The van der Waals surface area contributed by atoms with E-state index >= 15 is 0 Å². The van der Waals surface area contributed by atoms with Gasteiger partial charge in [-0.2, -0.15) is 0 Å². The number of unbranched alkanes of at least 4 members (excludes halogenated alkanes) is 29. The maximum Gasteiger partial charge on any atom is 0.220 e. The van der Waals surface area contributed by atoms with Crippen LogP contribution in [-0.4, -0.2) is 299 Å². The van der Waals surface area contributed by atoms with Gasteiger partial charge in [-0.25, -0.2) is 0 Å². The van der Waals surface area contributed by atoms with Gasteiger partial charge in [0.2, 0.25) is 11.8 Å². The summed E-state index contributed by atoms with van der Waals surface area (Å²) in [5.74, 6) is -1.11. The van der Waals surface area contributed by atoms with Gasteiger partial charge in [-0.3, -0.25) is 9.59 Å². The summed E-state index contributed by atoms with van der Waals surface area (Å²) in [6.45, 7) is 0.419. The van der Waals surface area contributed by atoms with Crippen LogP contribution in [0.2, 0.25) is 0 Å². The van der Waals surface area contributed by atoms with E-state index < -0.39 is 211 Å². The van der Waals surface area contributed by atoms with Gasteiger partial charge in [0, 0.05) is 13.3 Å². The minimum Gasteiger partial charge on any atom is -0.394 e. The number of amides is 2. The Kier molecular flexibility index (Phi) is 44.6. The van der Waals surface area contributed by atoms with E-state index in [0.717, 1.165) is 51.9 Å². The van der Waals surface area contributed by atoms with E-state index in [-0.39, 0.29) is 12.3 Å². The monoisotopic (exact) mass is 1470 g/mol. The highest BCUT2D eigenvalue weighted by Crippen LogP contribution is 2.37. The van der Waals surface area contributed by atoms with Crippen molar-refractivity contribution in [2.45, 2.75) is 392 Å². The average molecular weight is 1470 g/mol. The van der Waals surface area contributed by atoms with E-state index in [1.807, 2.05) is 6.08 Å². The van der Waals surface area contributed by atoms with Crippen LogP contribution in [0.25, 0.3) is 0 Å². The number of carbonyl (C=O) groups excluding carboxylic acids is 2. The van der Waals surface area contributed by atoms with E-state index in [0.29, 0.717) is 12.8 Å². The summed E-state index contributed by atoms with van der Waals surface area (Å²) < 4.78 is 58.3. The fourth-order valence-electron chi connectivity index (χ4n) is 13.9. The largest absolute Gasteiger partial charge is 0.394 e. The standard InChI is InChI=1S/C72H132N2O28/c1-4-6-8-10-12-14-16-18-19-20-21-22-23-25-27-29-31-33-35-37-52(82)74-45(46(81)36-34-32-30-28-26-24-17-15-13-11-9-7-5-2)43-93-69-61(90)57(86)65(49(40-77)96-69)100-72-63(92)59(88)66(51(42-79)98-72)101-71-62(91)58(87)64(50(41-78)97-71)99-68-53(73-44(3)80)67(55(84)48(39-76)94-68)102-70-60(89)56(85)54(83)47(38-75)95-70/h34,36,45-51,53-72,75-79,81,83-92H,4-33,35,37-43H2,1-3H3,(H,73,80)(H,74,82)/b36-34+/t45-,46+,47?,48?,49?,50?,51?,53?,54-,55-,56-,57+,58+,59+,60?,61?,62?,63?,64-,65+,66-,67+,68-,69+,70-,71-,72-/m0/s1. The molecule has 0 aromatic heterocycles. The van der Waals surface area contributed by atoms with Gasteiger partial charge in [-0.1, -0.05) is 206 Å². The molecule has 18 N–H and O–H groups in total. The number of carbonyl (C=O) groups is 2. The summed E-state index contributed by atoms with van der Waals surface area (Å²) >= 11 is 0. The lowest BCUT2D eigenvalue weighted by Gasteiger charge is -2.50. The van der Waals surface area contributed by atoms with E-state index in [2.05, 4.69) is 24.5 Å². The first-order valence-corrected chi connectivity index (χ1v) is 38.5. The van der Waals surface area contributed by atoms with Gasteiger partial charge in [0.15, 0.2) is 31.5 Å². The lowest BCUT2D eigenvalue weighted by Crippen LogP contribution is -2.70. The van der Waals surface area contributed by atoms with Crippen molar-refractivity contribution in [2.75, 3.05) is 39.6 Å². The lowest BCUT2D eigenvalue weighted by atomic mass is 9.94. The van der Waals surface area contributed by atoms with E-state index in [1.165, 1.54) is 141 Å². The fraction of sp³-hybridized carbons (Fsp3) is 0.944. The smallest absolute Gasteiger partial charge is 0.220 e. The Morgan fingerprint density at radius 3 is 1.11 bits per heavy atom. The van der Waals surface area contributed by atoms with Crippen molar-refractivity contribution in [2.24, 2.45) is 0 Å². The summed E-state index contributed by atoms with van der Waals surface area (Å²) in [5.41, 5.74) is 0. The van der Waals surface area contributed by atoms with Gasteiger partial charge in [-0.05, 0) is 19.3 Å². The predicted molar refractivity (Wildman–Crippen MR) is 368 cm³/mol. The first-order chi connectivity index (χ1) is 49.2. The summed E-state index contributed by atoms with van der Waals surface area (Å²) in [6, 6.07) is -2.69. The number of ether oxygens (including phenoxy) is 10. The van der Waals surface area contributed by atoms with Crippen LogP contribution in [-0.2, 0) is 57.0 Å². The molecule has 102 heavy (non-hydrogen) atoms. The highest BCUT2D eigenvalue weighted by molar-refractivity contribution is 5.76. The number of aliphatic hydroxyl groups is 16. The number of hydrogen-bond acceptors (Lipinski definition) is 28. The second-order valence-electron chi connectivity index (χ2n) is 28.5. The molecule has 598 valence electrons. The van der Waals surface area contributed by atoms with Gasteiger partial charge in [0.1, 0.15) is 122 Å². The Labute approximate surface area is 602 Å². The topological polar surface area (TPSA) is 474 Å². The highest BCUT2D eigenvalue weighted by atomic mass is 16.8. The van der Waals surface area contributed by atoms with Crippen molar-refractivity contribution in [3.8, 4) is 0 Å². The van der Waals surface area contributed by atoms with Gasteiger partial charge in [0.05, 0.1) is 51.8 Å². The van der Waals surface area contributed by atoms with Crippen LogP contribution >= 0.6 is 0 Å². The molecule has 0 aliphatic carbocycles. The molecule has 0 aromatic rings. The van der Waals surface area contributed by atoms with Crippen molar-refractivity contribution >= 4 is 11.8 Å². The molecule has 5 aliphatic rings. The van der Waals surface area contributed by atoms with Crippen molar-refractivity contribution < 1.29 is 139 Å². The number of rotatable bonds is 52.